The molecule has 0 spiro atoms. The molecule has 11 heavy (non-hydrogen) atoms. The Bertz CT molecular complexity index is 210. The van der Waals surface area contributed by atoms with E-state index < -0.39 is 0 Å². The Morgan fingerprint density at radius 1 is 1.55 bits per heavy atom. The van der Waals surface area contributed by atoms with E-state index in [0.29, 0.717) is 0 Å². The van der Waals surface area contributed by atoms with E-state index in [1.54, 1.807) is 0 Å². The van der Waals surface area contributed by atoms with Gasteiger partial charge in [-0.15, -0.1) is 11.3 Å². The van der Waals surface area contributed by atoms with Gasteiger partial charge in [-0.1, -0.05) is 6.92 Å². The van der Waals surface area contributed by atoms with Crippen LogP contribution in [-0.4, -0.2) is 13.1 Å². The molecule has 0 aliphatic carbocycles. The van der Waals surface area contributed by atoms with Crippen molar-refractivity contribution in [1.82, 2.24) is 5.32 Å². The Kier molecular flexibility index (Phi) is 4.12. The Balaban J connectivity index is 2.27. The van der Waals surface area contributed by atoms with Gasteiger partial charge in [0.05, 0.1) is 3.79 Å². The lowest BCUT2D eigenvalue weighted by Gasteiger charge is -1.97. The zero-order chi connectivity index (χ0) is 8.10. The van der Waals surface area contributed by atoms with Crippen molar-refractivity contribution in [3.8, 4) is 0 Å². The zero-order valence-corrected chi connectivity index (χ0v) is 8.96. The van der Waals surface area contributed by atoms with E-state index in [1.807, 2.05) is 11.3 Å². The molecule has 1 heterocycles. The minimum absolute atomic E-state index is 1.06. The van der Waals surface area contributed by atoms with Gasteiger partial charge in [0.2, 0.25) is 0 Å². The van der Waals surface area contributed by atoms with Crippen LogP contribution in [0.5, 0.6) is 0 Å². The standard InChI is InChI=1S/C8H12BrNS/c1-2-10-6-5-7-3-4-8(9)11-7/h3-4,10H,2,5-6H2,1H3. The lowest BCUT2D eigenvalue weighted by atomic mass is 10.3. The van der Waals surface area contributed by atoms with Crippen LogP contribution in [0.1, 0.15) is 11.8 Å². The molecule has 62 valence electrons. The first-order valence-corrected chi connectivity index (χ1v) is 5.39. The lowest BCUT2D eigenvalue weighted by Crippen LogP contribution is -2.15. The predicted molar refractivity (Wildman–Crippen MR) is 54.3 cm³/mol. The lowest BCUT2D eigenvalue weighted by molar-refractivity contribution is 0.721. The van der Waals surface area contributed by atoms with Gasteiger partial charge in [-0.3, -0.25) is 0 Å². The number of halogens is 1. The van der Waals surface area contributed by atoms with Crippen molar-refractivity contribution < 1.29 is 0 Å². The quantitative estimate of drug-likeness (QED) is 0.790. The maximum absolute atomic E-state index is 3.44. The highest BCUT2D eigenvalue weighted by molar-refractivity contribution is 9.11. The van der Waals surface area contributed by atoms with E-state index in [4.69, 9.17) is 0 Å². The molecule has 1 aromatic heterocycles. The largest absolute Gasteiger partial charge is 0.317 e. The number of hydrogen-bond acceptors (Lipinski definition) is 2. The van der Waals surface area contributed by atoms with Gasteiger partial charge >= 0.3 is 0 Å². The molecule has 0 bridgehead atoms. The minimum atomic E-state index is 1.06. The smallest absolute Gasteiger partial charge is 0.0701 e. The fourth-order valence-corrected chi connectivity index (χ4v) is 2.36. The van der Waals surface area contributed by atoms with Crippen molar-refractivity contribution in [2.24, 2.45) is 0 Å². The molecule has 0 atom stereocenters. The van der Waals surface area contributed by atoms with Crippen LogP contribution in [0.25, 0.3) is 0 Å². The molecular formula is C8H12BrNS. The summed E-state index contributed by atoms with van der Waals surface area (Å²) in [4.78, 5) is 1.44. The number of hydrogen-bond donors (Lipinski definition) is 1. The van der Waals surface area contributed by atoms with Crippen LogP contribution < -0.4 is 5.32 Å². The molecule has 0 saturated heterocycles. The van der Waals surface area contributed by atoms with Crippen LogP contribution in [0.3, 0.4) is 0 Å². The first kappa shape index (κ1) is 9.23. The monoisotopic (exact) mass is 233 g/mol. The molecule has 1 nitrogen and oxygen atoms in total. The minimum Gasteiger partial charge on any atom is -0.317 e. The van der Waals surface area contributed by atoms with Crippen molar-refractivity contribution in [2.75, 3.05) is 13.1 Å². The molecule has 0 saturated carbocycles. The second kappa shape index (κ2) is 4.91. The SMILES string of the molecule is CCNCCc1ccc(Br)s1. The topological polar surface area (TPSA) is 12.0 Å². The molecule has 0 unspecified atom stereocenters. The van der Waals surface area contributed by atoms with Gasteiger partial charge in [-0.05, 0) is 47.6 Å². The molecule has 1 N–H and O–H groups in total. The number of likely N-dealkylation sites (N-methyl/N-ethyl adjacent to an activating group) is 1. The first-order valence-electron chi connectivity index (χ1n) is 3.78. The van der Waals surface area contributed by atoms with Crippen LogP contribution >= 0.6 is 27.3 Å². The molecule has 0 aliphatic heterocycles. The molecule has 0 radical (unpaired) electrons. The maximum Gasteiger partial charge on any atom is 0.0701 e. The highest BCUT2D eigenvalue weighted by Gasteiger charge is 1.95. The van der Waals surface area contributed by atoms with E-state index in [1.165, 1.54) is 8.66 Å². The van der Waals surface area contributed by atoms with Gasteiger partial charge in [-0.25, -0.2) is 0 Å². The van der Waals surface area contributed by atoms with E-state index in [9.17, 15) is 0 Å². The summed E-state index contributed by atoms with van der Waals surface area (Å²) in [6, 6.07) is 4.28. The number of thiophene rings is 1. The summed E-state index contributed by atoms with van der Waals surface area (Å²) in [5.41, 5.74) is 0. The number of nitrogens with one attached hydrogen (secondary N) is 1. The molecule has 0 amide bonds. The molecule has 0 fully saturated rings. The van der Waals surface area contributed by atoms with Crippen LogP contribution in [0, 0.1) is 0 Å². The molecule has 1 rings (SSSR count). The molecule has 0 aromatic carbocycles. The van der Waals surface area contributed by atoms with Crippen LogP contribution in [0.4, 0.5) is 0 Å². The van der Waals surface area contributed by atoms with E-state index >= 15 is 0 Å². The molecule has 1 aromatic rings. The normalized spacial score (nSPS) is 10.4. The van der Waals surface area contributed by atoms with E-state index in [-0.39, 0.29) is 0 Å². The Morgan fingerprint density at radius 3 is 2.91 bits per heavy atom. The van der Waals surface area contributed by atoms with Crippen LogP contribution in [0.15, 0.2) is 15.9 Å². The van der Waals surface area contributed by atoms with Crippen molar-refractivity contribution in [2.45, 2.75) is 13.3 Å². The third kappa shape index (κ3) is 3.36. The van der Waals surface area contributed by atoms with Crippen molar-refractivity contribution >= 4 is 27.3 Å². The summed E-state index contributed by atoms with van der Waals surface area (Å²) in [7, 11) is 0. The number of rotatable bonds is 4. The molecule has 0 aliphatic rings. The van der Waals surface area contributed by atoms with Crippen LogP contribution in [-0.2, 0) is 6.42 Å². The Morgan fingerprint density at radius 2 is 2.36 bits per heavy atom. The third-order valence-corrected chi connectivity index (χ3v) is 3.11. The first-order chi connectivity index (χ1) is 5.33. The summed E-state index contributed by atoms with van der Waals surface area (Å²) in [6.07, 6.45) is 1.14. The maximum atomic E-state index is 3.44. The van der Waals surface area contributed by atoms with Gasteiger partial charge < -0.3 is 5.32 Å². The van der Waals surface area contributed by atoms with Crippen molar-refractivity contribution in [3.63, 3.8) is 0 Å². The summed E-state index contributed by atoms with van der Waals surface area (Å²) in [5, 5.41) is 3.30. The predicted octanol–water partition coefficient (Wildman–Crippen LogP) is 2.66. The Labute approximate surface area is 79.9 Å². The highest BCUT2D eigenvalue weighted by Crippen LogP contribution is 2.21. The van der Waals surface area contributed by atoms with Crippen LogP contribution in [0.2, 0.25) is 0 Å². The van der Waals surface area contributed by atoms with Gasteiger partial charge in [0.25, 0.3) is 0 Å². The summed E-state index contributed by atoms with van der Waals surface area (Å²) >= 11 is 5.25. The van der Waals surface area contributed by atoms with Gasteiger partial charge in [0.1, 0.15) is 0 Å². The fraction of sp³-hybridized carbons (Fsp3) is 0.500. The Hall–Kier alpha value is 0.140. The average Bonchev–Trinajstić information content (AvgIpc) is 2.37. The summed E-state index contributed by atoms with van der Waals surface area (Å²) in [6.45, 7) is 4.28. The second-order valence-electron chi connectivity index (χ2n) is 2.31. The summed E-state index contributed by atoms with van der Waals surface area (Å²) < 4.78 is 1.23. The molecular weight excluding hydrogens is 222 g/mol. The fourth-order valence-electron chi connectivity index (χ4n) is 0.874. The van der Waals surface area contributed by atoms with Gasteiger partial charge in [0, 0.05) is 4.88 Å². The average molecular weight is 234 g/mol. The highest BCUT2D eigenvalue weighted by atomic mass is 79.9. The van der Waals surface area contributed by atoms with Crippen molar-refractivity contribution in [3.05, 3.63) is 20.8 Å². The second-order valence-corrected chi connectivity index (χ2v) is 4.86. The van der Waals surface area contributed by atoms with Crippen molar-refractivity contribution in [1.29, 1.82) is 0 Å². The molecule has 3 heteroatoms. The summed E-state index contributed by atoms with van der Waals surface area (Å²) in [5.74, 6) is 0. The van der Waals surface area contributed by atoms with E-state index in [0.717, 1.165) is 19.5 Å². The third-order valence-electron chi connectivity index (χ3n) is 1.43. The zero-order valence-electron chi connectivity index (χ0n) is 6.56. The van der Waals surface area contributed by atoms with Gasteiger partial charge in [0.15, 0.2) is 0 Å². The van der Waals surface area contributed by atoms with E-state index in [2.05, 4.69) is 40.3 Å². The van der Waals surface area contributed by atoms with Gasteiger partial charge in [-0.2, -0.15) is 0 Å².